The Balaban J connectivity index is 1.76. The molecule has 1 aliphatic rings. The van der Waals surface area contributed by atoms with Crippen molar-refractivity contribution in [1.82, 2.24) is 4.90 Å². The van der Waals surface area contributed by atoms with Gasteiger partial charge in [-0.05, 0) is 41.5 Å². The van der Waals surface area contributed by atoms with Gasteiger partial charge in [0.15, 0.2) is 9.84 Å². The molecule has 1 unspecified atom stereocenters. The molecule has 2 aromatic rings. The van der Waals surface area contributed by atoms with E-state index in [0.717, 1.165) is 11.1 Å². The van der Waals surface area contributed by atoms with Crippen molar-refractivity contribution in [3.8, 4) is 0 Å². The third kappa shape index (κ3) is 4.14. The van der Waals surface area contributed by atoms with Gasteiger partial charge in [0, 0.05) is 18.8 Å². The van der Waals surface area contributed by atoms with Crippen molar-refractivity contribution in [2.45, 2.75) is 31.2 Å². The molecule has 0 bridgehead atoms. The van der Waals surface area contributed by atoms with E-state index in [-0.39, 0.29) is 28.9 Å². The van der Waals surface area contributed by atoms with Crippen LogP contribution in [0.15, 0.2) is 59.6 Å². The molecule has 0 radical (unpaired) electrons. The molecule has 1 N–H and O–H groups in total. The Bertz CT molecular complexity index is 1030. The summed E-state index contributed by atoms with van der Waals surface area (Å²) < 4.78 is 23.8. The summed E-state index contributed by atoms with van der Waals surface area (Å²) >= 11 is 0. The summed E-state index contributed by atoms with van der Waals surface area (Å²) in [7, 11) is -3.28. The average molecular weight is 398 g/mol. The van der Waals surface area contributed by atoms with E-state index >= 15 is 0 Å². The number of anilines is 1. The quantitative estimate of drug-likeness (QED) is 0.837. The SMILES string of the molecule is CCS(=O)(=O)c1ccc(NC(=O)CC2c3ccccc3C=CN2C(C)=O)cc1. The third-order valence-corrected chi connectivity index (χ3v) is 6.48. The molecule has 146 valence electrons. The fourth-order valence-corrected chi connectivity index (χ4v) is 4.10. The molecule has 1 heterocycles. The second kappa shape index (κ2) is 7.98. The Morgan fingerprint density at radius 3 is 2.39 bits per heavy atom. The standard InChI is InChI=1S/C21H22N2O4S/c1-3-28(26,27)18-10-8-17(9-11-18)22-21(25)14-20-19-7-5-4-6-16(19)12-13-23(20)15(2)24/h4-13,20H,3,14H2,1-2H3,(H,22,25). The van der Waals surface area contributed by atoms with Gasteiger partial charge in [-0.25, -0.2) is 8.42 Å². The number of rotatable bonds is 5. The monoisotopic (exact) mass is 398 g/mol. The van der Waals surface area contributed by atoms with Crippen LogP contribution in [-0.2, 0) is 19.4 Å². The molecule has 0 fully saturated rings. The van der Waals surface area contributed by atoms with Gasteiger partial charge in [0.1, 0.15) is 0 Å². The van der Waals surface area contributed by atoms with Gasteiger partial charge in [0.25, 0.3) is 0 Å². The largest absolute Gasteiger partial charge is 0.326 e. The Morgan fingerprint density at radius 1 is 1.07 bits per heavy atom. The number of fused-ring (bicyclic) bond motifs is 1. The number of benzene rings is 2. The first-order chi connectivity index (χ1) is 13.3. The van der Waals surface area contributed by atoms with Gasteiger partial charge in [-0.2, -0.15) is 0 Å². The van der Waals surface area contributed by atoms with Crippen LogP contribution in [0.1, 0.15) is 37.4 Å². The smallest absolute Gasteiger partial charge is 0.226 e. The molecule has 0 spiro atoms. The van der Waals surface area contributed by atoms with E-state index in [1.54, 1.807) is 30.2 Å². The zero-order chi connectivity index (χ0) is 20.3. The predicted molar refractivity (Wildman–Crippen MR) is 108 cm³/mol. The molecule has 2 amide bonds. The molecule has 2 aromatic carbocycles. The highest BCUT2D eigenvalue weighted by Gasteiger charge is 2.28. The molecular weight excluding hydrogens is 376 g/mol. The Hall–Kier alpha value is -2.93. The van der Waals surface area contributed by atoms with E-state index in [1.165, 1.54) is 19.1 Å². The molecule has 3 rings (SSSR count). The summed E-state index contributed by atoms with van der Waals surface area (Å²) in [6, 6.07) is 13.4. The van der Waals surface area contributed by atoms with E-state index < -0.39 is 15.9 Å². The summed E-state index contributed by atoms with van der Waals surface area (Å²) in [5.41, 5.74) is 2.40. The van der Waals surface area contributed by atoms with E-state index in [9.17, 15) is 18.0 Å². The third-order valence-electron chi connectivity index (χ3n) is 4.73. The molecule has 0 saturated heterocycles. The number of hydrogen-bond acceptors (Lipinski definition) is 4. The second-order valence-corrected chi connectivity index (χ2v) is 8.85. The van der Waals surface area contributed by atoms with Gasteiger partial charge < -0.3 is 10.2 Å². The minimum Gasteiger partial charge on any atom is -0.326 e. The number of carbonyl (C=O) groups is 2. The summed E-state index contributed by atoms with van der Waals surface area (Å²) in [6.45, 7) is 3.05. The van der Waals surface area contributed by atoms with Gasteiger partial charge >= 0.3 is 0 Å². The minimum absolute atomic E-state index is 0.0220. The summed E-state index contributed by atoms with van der Waals surface area (Å²) in [5.74, 6) is -0.376. The Kier molecular flexibility index (Phi) is 5.65. The van der Waals surface area contributed by atoms with Crippen LogP contribution in [-0.4, -0.2) is 30.9 Å². The van der Waals surface area contributed by atoms with Crippen LogP contribution in [0.3, 0.4) is 0 Å². The van der Waals surface area contributed by atoms with Gasteiger partial charge in [0.2, 0.25) is 11.8 Å². The van der Waals surface area contributed by atoms with E-state index in [0.29, 0.717) is 5.69 Å². The highest BCUT2D eigenvalue weighted by Crippen LogP contribution is 2.33. The summed E-state index contributed by atoms with van der Waals surface area (Å²) in [6.07, 6.45) is 3.65. The first-order valence-corrected chi connectivity index (χ1v) is 10.7. The lowest BCUT2D eigenvalue weighted by Gasteiger charge is -2.32. The molecular formula is C21H22N2O4S. The van der Waals surface area contributed by atoms with Crippen molar-refractivity contribution in [1.29, 1.82) is 0 Å². The van der Waals surface area contributed by atoms with E-state index in [4.69, 9.17) is 0 Å². The van der Waals surface area contributed by atoms with Crippen LogP contribution in [0.25, 0.3) is 6.08 Å². The van der Waals surface area contributed by atoms with Crippen LogP contribution in [0.2, 0.25) is 0 Å². The maximum absolute atomic E-state index is 12.6. The van der Waals surface area contributed by atoms with Gasteiger partial charge in [0.05, 0.1) is 23.1 Å². The van der Waals surface area contributed by atoms with E-state index in [2.05, 4.69) is 5.32 Å². The van der Waals surface area contributed by atoms with Crippen molar-refractivity contribution in [3.05, 3.63) is 65.9 Å². The highest BCUT2D eigenvalue weighted by molar-refractivity contribution is 7.91. The van der Waals surface area contributed by atoms with Crippen molar-refractivity contribution < 1.29 is 18.0 Å². The van der Waals surface area contributed by atoms with Crippen molar-refractivity contribution >= 4 is 33.4 Å². The van der Waals surface area contributed by atoms with Crippen LogP contribution < -0.4 is 5.32 Å². The van der Waals surface area contributed by atoms with Gasteiger partial charge in [-0.1, -0.05) is 31.2 Å². The zero-order valence-corrected chi connectivity index (χ0v) is 16.6. The van der Waals surface area contributed by atoms with Crippen LogP contribution in [0.4, 0.5) is 5.69 Å². The summed E-state index contributed by atoms with van der Waals surface area (Å²) in [4.78, 5) is 26.4. The molecule has 6 nitrogen and oxygen atoms in total. The van der Waals surface area contributed by atoms with Crippen molar-refractivity contribution in [2.24, 2.45) is 0 Å². The highest BCUT2D eigenvalue weighted by atomic mass is 32.2. The Labute approximate surface area is 164 Å². The number of carbonyl (C=O) groups excluding carboxylic acids is 2. The number of hydrogen-bond donors (Lipinski definition) is 1. The molecule has 1 aliphatic heterocycles. The lowest BCUT2D eigenvalue weighted by molar-refractivity contribution is -0.129. The fraction of sp³-hybridized carbons (Fsp3) is 0.238. The van der Waals surface area contributed by atoms with Gasteiger partial charge in [-0.3, -0.25) is 9.59 Å². The normalized spacial score (nSPS) is 15.8. The second-order valence-electron chi connectivity index (χ2n) is 6.57. The lowest BCUT2D eigenvalue weighted by Crippen LogP contribution is -2.33. The number of nitrogens with zero attached hydrogens (tertiary/aromatic N) is 1. The first-order valence-electron chi connectivity index (χ1n) is 9.00. The molecule has 0 aromatic heterocycles. The topological polar surface area (TPSA) is 83.6 Å². The number of nitrogens with one attached hydrogen (secondary N) is 1. The van der Waals surface area contributed by atoms with Crippen molar-refractivity contribution in [2.75, 3.05) is 11.1 Å². The maximum Gasteiger partial charge on any atom is 0.226 e. The number of amides is 2. The van der Waals surface area contributed by atoms with Crippen LogP contribution in [0, 0.1) is 0 Å². The molecule has 28 heavy (non-hydrogen) atoms. The fourth-order valence-electron chi connectivity index (χ4n) is 3.21. The first kappa shape index (κ1) is 19.8. The molecule has 0 aliphatic carbocycles. The lowest BCUT2D eigenvalue weighted by atomic mass is 9.93. The summed E-state index contributed by atoms with van der Waals surface area (Å²) in [5, 5.41) is 2.78. The Morgan fingerprint density at radius 2 is 1.75 bits per heavy atom. The van der Waals surface area contributed by atoms with Crippen molar-refractivity contribution in [3.63, 3.8) is 0 Å². The predicted octanol–water partition coefficient (Wildman–Crippen LogP) is 3.38. The van der Waals surface area contributed by atoms with Crippen LogP contribution in [0.5, 0.6) is 0 Å². The van der Waals surface area contributed by atoms with Crippen LogP contribution >= 0.6 is 0 Å². The van der Waals surface area contributed by atoms with E-state index in [1.807, 2.05) is 30.3 Å². The number of sulfone groups is 1. The average Bonchev–Trinajstić information content (AvgIpc) is 2.68. The molecule has 7 heteroatoms. The zero-order valence-electron chi connectivity index (χ0n) is 15.8. The molecule has 1 atom stereocenters. The maximum atomic E-state index is 12.6. The van der Waals surface area contributed by atoms with Gasteiger partial charge in [-0.15, -0.1) is 0 Å². The molecule has 0 saturated carbocycles. The minimum atomic E-state index is -3.28.